The van der Waals surface area contributed by atoms with Gasteiger partial charge in [-0.25, -0.2) is 4.79 Å². The number of halogens is 1. The van der Waals surface area contributed by atoms with Crippen molar-refractivity contribution in [2.75, 3.05) is 11.9 Å². The van der Waals surface area contributed by atoms with Crippen LogP contribution in [0, 0.1) is 10.1 Å². The Morgan fingerprint density at radius 3 is 2.71 bits per heavy atom. The number of nitrogens with zero attached hydrogens (tertiary/aromatic N) is 2. The van der Waals surface area contributed by atoms with E-state index in [1.54, 1.807) is 0 Å². The fourth-order valence-electron chi connectivity index (χ4n) is 3.00. The summed E-state index contributed by atoms with van der Waals surface area (Å²) < 4.78 is 5.31. The first-order chi connectivity index (χ1) is 13.5. The van der Waals surface area contributed by atoms with Gasteiger partial charge in [-0.3, -0.25) is 19.8 Å². The molecular formula is C19H18ClN3O5. The molecule has 28 heavy (non-hydrogen) atoms. The number of non-ortho nitro benzene ring substituents is 1. The van der Waals surface area contributed by atoms with Gasteiger partial charge in [0.25, 0.3) is 5.69 Å². The molecule has 0 saturated carbocycles. The Labute approximate surface area is 166 Å². The van der Waals surface area contributed by atoms with Crippen molar-refractivity contribution < 1.29 is 19.2 Å². The first-order valence-electron chi connectivity index (χ1n) is 8.68. The van der Waals surface area contributed by atoms with E-state index in [9.17, 15) is 19.7 Å². The van der Waals surface area contributed by atoms with Gasteiger partial charge in [-0.2, -0.15) is 0 Å². The minimum Gasteiger partial charge on any atom is -0.445 e. The van der Waals surface area contributed by atoms with Crippen molar-refractivity contribution in [1.29, 1.82) is 0 Å². The normalized spacial score (nSPS) is 15.9. The molecule has 0 bridgehead atoms. The molecular weight excluding hydrogens is 386 g/mol. The zero-order valence-corrected chi connectivity index (χ0v) is 15.6. The molecule has 0 spiro atoms. The lowest BCUT2D eigenvalue weighted by Crippen LogP contribution is -2.43. The summed E-state index contributed by atoms with van der Waals surface area (Å²) in [7, 11) is 0. The SMILES string of the molecule is O=C(Nc1cc([N+](=O)[O-])ccc1Cl)C1CCCN1C(=O)OCc1ccccc1. The summed E-state index contributed by atoms with van der Waals surface area (Å²) in [6.07, 6.45) is 0.548. The van der Waals surface area contributed by atoms with Crippen molar-refractivity contribution in [3.8, 4) is 0 Å². The zero-order valence-electron chi connectivity index (χ0n) is 14.8. The van der Waals surface area contributed by atoms with Crippen molar-refractivity contribution in [1.82, 2.24) is 4.90 Å². The van der Waals surface area contributed by atoms with Crippen LogP contribution < -0.4 is 5.32 Å². The van der Waals surface area contributed by atoms with Gasteiger partial charge < -0.3 is 10.1 Å². The highest BCUT2D eigenvalue weighted by Crippen LogP contribution is 2.28. The van der Waals surface area contributed by atoms with E-state index in [2.05, 4.69) is 5.32 Å². The van der Waals surface area contributed by atoms with Crippen LogP contribution in [0.4, 0.5) is 16.2 Å². The maximum absolute atomic E-state index is 12.6. The fourth-order valence-corrected chi connectivity index (χ4v) is 3.16. The number of benzene rings is 2. The minimum atomic E-state index is -0.724. The van der Waals surface area contributed by atoms with Crippen LogP contribution in [0.15, 0.2) is 48.5 Å². The molecule has 3 rings (SSSR count). The summed E-state index contributed by atoms with van der Waals surface area (Å²) in [5.74, 6) is -0.462. The number of nitro groups is 1. The molecule has 1 saturated heterocycles. The number of likely N-dealkylation sites (tertiary alicyclic amines) is 1. The third-order valence-electron chi connectivity index (χ3n) is 4.41. The van der Waals surface area contributed by atoms with E-state index >= 15 is 0 Å². The van der Waals surface area contributed by atoms with Crippen LogP contribution in [0.5, 0.6) is 0 Å². The van der Waals surface area contributed by atoms with Gasteiger partial charge in [0.15, 0.2) is 0 Å². The van der Waals surface area contributed by atoms with E-state index in [0.29, 0.717) is 19.4 Å². The fraction of sp³-hybridized carbons (Fsp3) is 0.263. The molecule has 1 unspecified atom stereocenters. The number of carbonyl (C=O) groups excluding carboxylic acids is 2. The Hall–Kier alpha value is -3.13. The Kier molecular flexibility index (Phi) is 6.10. The number of rotatable bonds is 5. The Balaban J connectivity index is 1.65. The molecule has 1 N–H and O–H groups in total. The second-order valence-electron chi connectivity index (χ2n) is 6.30. The molecule has 2 aromatic carbocycles. The first-order valence-corrected chi connectivity index (χ1v) is 9.05. The number of ether oxygens (including phenoxy) is 1. The van der Waals surface area contributed by atoms with Gasteiger partial charge in [-0.05, 0) is 24.5 Å². The summed E-state index contributed by atoms with van der Waals surface area (Å²) in [5, 5.41) is 13.7. The van der Waals surface area contributed by atoms with E-state index < -0.39 is 23.0 Å². The van der Waals surface area contributed by atoms with Crippen LogP contribution in [-0.2, 0) is 16.1 Å². The summed E-state index contributed by atoms with van der Waals surface area (Å²) in [4.78, 5) is 36.8. The predicted molar refractivity (Wildman–Crippen MR) is 103 cm³/mol. The molecule has 1 atom stereocenters. The zero-order chi connectivity index (χ0) is 20.1. The number of hydrogen-bond acceptors (Lipinski definition) is 5. The standard InChI is InChI=1S/C19H18ClN3O5/c20-15-9-8-14(23(26)27)11-16(15)21-18(24)17-7-4-10-22(17)19(25)28-12-13-5-2-1-3-6-13/h1-3,5-6,8-9,11,17H,4,7,10,12H2,(H,21,24). The lowest BCUT2D eigenvalue weighted by atomic mass is 10.2. The molecule has 1 heterocycles. The number of hydrogen-bond donors (Lipinski definition) is 1. The molecule has 8 nitrogen and oxygen atoms in total. The third-order valence-corrected chi connectivity index (χ3v) is 4.74. The number of carbonyl (C=O) groups is 2. The highest BCUT2D eigenvalue weighted by atomic mass is 35.5. The highest BCUT2D eigenvalue weighted by molar-refractivity contribution is 6.33. The number of nitrogens with one attached hydrogen (secondary N) is 1. The summed E-state index contributed by atoms with van der Waals surface area (Å²) >= 11 is 6.03. The van der Waals surface area contributed by atoms with E-state index in [4.69, 9.17) is 16.3 Å². The van der Waals surface area contributed by atoms with Crippen molar-refractivity contribution in [2.24, 2.45) is 0 Å². The van der Waals surface area contributed by atoms with E-state index in [0.717, 1.165) is 5.56 Å². The van der Waals surface area contributed by atoms with Crippen molar-refractivity contribution in [3.63, 3.8) is 0 Å². The average molecular weight is 404 g/mol. The van der Waals surface area contributed by atoms with E-state index in [1.807, 2.05) is 30.3 Å². The van der Waals surface area contributed by atoms with Crippen LogP contribution in [0.25, 0.3) is 0 Å². The van der Waals surface area contributed by atoms with Crippen LogP contribution >= 0.6 is 11.6 Å². The third kappa shape index (κ3) is 4.58. The van der Waals surface area contributed by atoms with Crippen molar-refractivity contribution in [3.05, 3.63) is 69.2 Å². The van der Waals surface area contributed by atoms with Crippen LogP contribution in [0.3, 0.4) is 0 Å². The van der Waals surface area contributed by atoms with E-state index in [1.165, 1.54) is 23.1 Å². The smallest absolute Gasteiger partial charge is 0.410 e. The summed E-state index contributed by atoms with van der Waals surface area (Å²) in [6.45, 7) is 0.510. The van der Waals surface area contributed by atoms with Gasteiger partial charge in [0, 0.05) is 18.7 Å². The van der Waals surface area contributed by atoms with Gasteiger partial charge in [-0.15, -0.1) is 0 Å². The average Bonchev–Trinajstić information content (AvgIpc) is 3.18. The lowest BCUT2D eigenvalue weighted by Gasteiger charge is -2.23. The molecule has 0 radical (unpaired) electrons. The van der Waals surface area contributed by atoms with Gasteiger partial charge in [-0.1, -0.05) is 41.9 Å². The molecule has 9 heteroatoms. The van der Waals surface area contributed by atoms with Crippen molar-refractivity contribution in [2.45, 2.75) is 25.5 Å². The second-order valence-corrected chi connectivity index (χ2v) is 6.71. The van der Waals surface area contributed by atoms with Gasteiger partial charge in [0.2, 0.25) is 5.91 Å². The first kappa shape index (κ1) is 19.6. The molecule has 1 aliphatic heterocycles. The number of anilines is 1. The van der Waals surface area contributed by atoms with Gasteiger partial charge >= 0.3 is 6.09 Å². The minimum absolute atomic E-state index is 0.112. The Bertz CT molecular complexity index is 890. The predicted octanol–water partition coefficient (Wildman–Crippen LogP) is 3.99. The van der Waals surface area contributed by atoms with Crippen LogP contribution in [0.1, 0.15) is 18.4 Å². The topological polar surface area (TPSA) is 102 Å². The van der Waals surface area contributed by atoms with Gasteiger partial charge in [0.1, 0.15) is 12.6 Å². The van der Waals surface area contributed by atoms with Gasteiger partial charge in [0.05, 0.1) is 15.6 Å². The molecule has 0 aliphatic carbocycles. The summed E-state index contributed by atoms with van der Waals surface area (Å²) in [5.41, 5.74) is 0.787. The molecule has 2 aromatic rings. The Morgan fingerprint density at radius 2 is 2.00 bits per heavy atom. The lowest BCUT2D eigenvalue weighted by molar-refractivity contribution is -0.384. The second kappa shape index (κ2) is 8.71. The van der Waals surface area contributed by atoms with Crippen LogP contribution in [-0.4, -0.2) is 34.4 Å². The Morgan fingerprint density at radius 1 is 1.25 bits per heavy atom. The molecule has 0 aromatic heterocycles. The van der Waals surface area contributed by atoms with Crippen molar-refractivity contribution >= 4 is 35.0 Å². The molecule has 1 fully saturated rings. The van der Waals surface area contributed by atoms with E-state index in [-0.39, 0.29) is 23.0 Å². The summed E-state index contributed by atoms with van der Waals surface area (Å²) in [6, 6.07) is 12.3. The number of amides is 2. The maximum Gasteiger partial charge on any atom is 0.410 e. The quantitative estimate of drug-likeness (QED) is 0.600. The maximum atomic E-state index is 12.6. The largest absolute Gasteiger partial charge is 0.445 e. The monoisotopic (exact) mass is 403 g/mol. The number of nitro benzene ring substituents is 1. The highest BCUT2D eigenvalue weighted by Gasteiger charge is 2.35. The van der Waals surface area contributed by atoms with Crippen LogP contribution in [0.2, 0.25) is 5.02 Å². The molecule has 146 valence electrons. The molecule has 2 amide bonds. The molecule has 1 aliphatic rings.